The molecule has 21 heavy (non-hydrogen) atoms. The molecule has 1 aromatic rings. The Bertz CT molecular complexity index is 710. The van der Waals surface area contributed by atoms with Crippen LogP contribution in [0.15, 0.2) is 6.20 Å². The molecule has 0 aromatic carbocycles. The van der Waals surface area contributed by atoms with Gasteiger partial charge in [0.1, 0.15) is 0 Å². The number of carboxylic acid groups (broad SMARTS) is 2. The molecular formula is C10H6F3NO6S-2. The normalized spacial score (nSPS) is 12.2. The highest BCUT2D eigenvalue weighted by Crippen LogP contribution is 2.33. The van der Waals surface area contributed by atoms with Gasteiger partial charge in [-0.25, -0.2) is 8.42 Å². The van der Waals surface area contributed by atoms with Crippen molar-refractivity contribution < 1.29 is 41.4 Å². The fourth-order valence-corrected chi connectivity index (χ4v) is 2.40. The standard InChI is InChI=1S/C10H8F3NO6S/c1-21(19,20)3-5-4(8(15)16)2-14-7(10(11,12)13)6(5)9(17)18/h2H,3H2,1H3,(H,15,16)(H,17,18)/p-2. The first-order valence-electron chi connectivity index (χ1n) is 5.04. The van der Waals surface area contributed by atoms with E-state index in [2.05, 4.69) is 4.98 Å². The number of nitrogens with zero attached hydrogens (tertiary/aromatic N) is 1. The summed E-state index contributed by atoms with van der Waals surface area (Å²) in [6.45, 7) is 0. The molecule has 0 atom stereocenters. The molecule has 1 rings (SSSR count). The molecule has 0 unspecified atom stereocenters. The number of sulfone groups is 1. The molecule has 0 N–H and O–H groups in total. The molecule has 0 bridgehead atoms. The van der Waals surface area contributed by atoms with Crippen molar-refractivity contribution in [2.75, 3.05) is 6.26 Å². The average molecular weight is 325 g/mol. The SMILES string of the molecule is CS(=O)(=O)Cc1c(C(=O)[O-])cnc(C(F)(F)F)c1C(=O)[O-]. The number of alkyl halides is 3. The van der Waals surface area contributed by atoms with Gasteiger partial charge < -0.3 is 19.8 Å². The Hall–Kier alpha value is -2.17. The topological polar surface area (TPSA) is 127 Å². The van der Waals surface area contributed by atoms with E-state index in [0.29, 0.717) is 6.26 Å². The van der Waals surface area contributed by atoms with Gasteiger partial charge in [-0.15, -0.1) is 0 Å². The van der Waals surface area contributed by atoms with Crippen molar-refractivity contribution in [1.82, 2.24) is 4.98 Å². The Morgan fingerprint density at radius 3 is 2.10 bits per heavy atom. The summed E-state index contributed by atoms with van der Waals surface area (Å²) in [5.74, 6) is -5.69. The van der Waals surface area contributed by atoms with Gasteiger partial charge in [0.15, 0.2) is 15.5 Å². The van der Waals surface area contributed by atoms with Crippen molar-refractivity contribution in [2.24, 2.45) is 0 Å². The number of carbonyl (C=O) groups is 2. The van der Waals surface area contributed by atoms with E-state index in [1.807, 2.05) is 0 Å². The third-order valence-corrected chi connectivity index (χ3v) is 3.10. The number of halogens is 3. The fraction of sp³-hybridized carbons (Fsp3) is 0.300. The predicted octanol–water partition coefficient (Wildman–Crippen LogP) is -1.63. The molecule has 116 valence electrons. The summed E-state index contributed by atoms with van der Waals surface area (Å²) in [4.78, 5) is 24.4. The molecule has 7 nitrogen and oxygen atoms in total. The van der Waals surface area contributed by atoms with E-state index in [0.717, 1.165) is 0 Å². The van der Waals surface area contributed by atoms with Gasteiger partial charge in [0.05, 0.1) is 17.7 Å². The van der Waals surface area contributed by atoms with E-state index in [4.69, 9.17) is 0 Å². The zero-order chi connectivity index (χ0) is 16.6. The fourth-order valence-electron chi connectivity index (χ4n) is 1.57. The van der Waals surface area contributed by atoms with E-state index in [1.54, 1.807) is 0 Å². The zero-order valence-corrected chi connectivity index (χ0v) is 11.0. The molecule has 1 heterocycles. The third-order valence-electron chi connectivity index (χ3n) is 2.29. The number of hydrogen-bond acceptors (Lipinski definition) is 7. The first-order valence-corrected chi connectivity index (χ1v) is 7.10. The van der Waals surface area contributed by atoms with Crippen LogP contribution in [-0.2, 0) is 21.8 Å². The first-order chi connectivity index (χ1) is 9.34. The lowest BCUT2D eigenvalue weighted by Gasteiger charge is -2.19. The first kappa shape index (κ1) is 16.9. The van der Waals surface area contributed by atoms with Crippen molar-refractivity contribution in [3.63, 3.8) is 0 Å². The van der Waals surface area contributed by atoms with Crippen LogP contribution in [0.3, 0.4) is 0 Å². The zero-order valence-electron chi connectivity index (χ0n) is 10.2. The maximum Gasteiger partial charge on any atom is 0.434 e. The van der Waals surface area contributed by atoms with Crippen molar-refractivity contribution in [1.29, 1.82) is 0 Å². The molecule has 11 heteroatoms. The number of aromatic carboxylic acids is 2. The van der Waals surface area contributed by atoms with Gasteiger partial charge in [-0.3, -0.25) is 4.98 Å². The average Bonchev–Trinajstić information content (AvgIpc) is 2.23. The molecule has 0 radical (unpaired) electrons. The van der Waals surface area contributed by atoms with E-state index >= 15 is 0 Å². The van der Waals surface area contributed by atoms with Crippen molar-refractivity contribution in [3.8, 4) is 0 Å². The lowest BCUT2D eigenvalue weighted by molar-refractivity contribution is -0.256. The highest BCUT2D eigenvalue weighted by atomic mass is 32.2. The van der Waals surface area contributed by atoms with Crippen LogP contribution < -0.4 is 10.2 Å². The maximum atomic E-state index is 12.7. The van der Waals surface area contributed by atoms with Crippen molar-refractivity contribution in [2.45, 2.75) is 11.9 Å². The van der Waals surface area contributed by atoms with E-state index in [9.17, 15) is 41.4 Å². The van der Waals surface area contributed by atoms with Crippen LogP contribution in [0, 0.1) is 0 Å². The number of hydrogen-bond donors (Lipinski definition) is 0. The van der Waals surface area contributed by atoms with Crippen LogP contribution in [0.2, 0.25) is 0 Å². The number of aromatic nitrogens is 1. The predicted molar refractivity (Wildman–Crippen MR) is 56.4 cm³/mol. The van der Waals surface area contributed by atoms with E-state index in [1.165, 1.54) is 0 Å². The Morgan fingerprint density at radius 1 is 1.24 bits per heavy atom. The number of pyridine rings is 1. The minimum absolute atomic E-state index is 0.200. The molecule has 0 saturated carbocycles. The second-order valence-electron chi connectivity index (χ2n) is 4.02. The molecule has 0 saturated heterocycles. The number of rotatable bonds is 4. The minimum Gasteiger partial charge on any atom is -0.545 e. The van der Waals surface area contributed by atoms with Crippen LogP contribution in [0.25, 0.3) is 0 Å². The Kier molecular flexibility index (Phi) is 4.27. The monoisotopic (exact) mass is 325 g/mol. The molecule has 0 aliphatic rings. The van der Waals surface area contributed by atoms with Crippen molar-refractivity contribution >= 4 is 21.8 Å². The molecule has 0 amide bonds. The summed E-state index contributed by atoms with van der Waals surface area (Å²) >= 11 is 0. The lowest BCUT2D eigenvalue weighted by Crippen LogP contribution is -2.33. The molecule has 0 spiro atoms. The van der Waals surface area contributed by atoms with Gasteiger partial charge in [-0.1, -0.05) is 0 Å². The van der Waals surface area contributed by atoms with Gasteiger partial charge >= 0.3 is 6.18 Å². The maximum absolute atomic E-state index is 12.7. The summed E-state index contributed by atoms with van der Waals surface area (Å²) in [7, 11) is -4.03. The molecular weight excluding hydrogens is 319 g/mol. The second kappa shape index (κ2) is 5.31. The second-order valence-corrected chi connectivity index (χ2v) is 6.16. The van der Waals surface area contributed by atoms with Gasteiger partial charge in [-0.2, -0.15) is 13.2 Å². The molecule has 1 aromatic heterocycles. The minimum atomic E-state index is -5.23. The van der Waals surface area contributed by atoms with E-state index < -0.39 is 56.1 Å². The smallest absolute Gasteiger partial charge is 0.434 e. The van der Waals surface area contributed by atoms with Crippen LogP contribution in [-0.4, -0.2) is 31.6 Å². The number of carboxylic acids is 2. The summed E-state index contributed by atoms with van der Waals surface area (Å²) in [6, 6.07) is 0. The quantitative estimate of drug-likeness (QED) is 0.650. The Morgan fingerprint density at radius 2 is 1.76 bits per heavy atom. The van der Waals surface area contributed by atoms with Crippen LogP contribution in [0.4, 0.5) is 13.2 Å². The van der Waals surface area contributed by atoms with Crippen LogP contribution >= 0.6 is 0 Å². The summed E-state index contributed by atoms with van der Waals surface area (Å²) < 4.78 is 60.4. The molecule has 0 aliphatic carbocycles. The summed E-state index contributed by atoms with van der Waals surface area (Å²) in [6.07, 6.45) is -4.43. The number of carbonyl (C=O) groups excluding carboxylic acids is 2. The highest BCUT2D eigenvalue weighted by molar-refractivity contribution is 7.89. The third kappa shape index (κ3) is 3.90. The Labute approximate surface area is 116 Å². The van der Waals surface area contributed by atoms with Gasteiger partial charge in [0, 0.05) is 23.6 Å². The van der Waals surface area contributed by atoms with Gasteiger partial charge in [0.25, 0.3) is 0 Å². The molecule has 0 aliphatic heterocycles. The van der Waals surface area contributed by atoms with Crippen LogP contribution in [0.5, 0.6) is 0 Å². The summed E-state index contributed by atoms with van der Waals surface area (Å²) in [5.41, 5.74) is -5.71. The lowest BCUT2D eigenvalue weighted by atomic mass is 10.0. The van der Waals surface area contributed by atoms with Crippen molar-refractivity contribution in [3.05, 3.63) is 28.6 Å². The van der Waals surface area contributed by atoms with Crippen LogP contribution in [0.1, 0.15) is 32.0 Å². The Balaban J connectivity index is 3.83. The highest BCUT2D eigenvalue weighted by Gasteiger charge is 2.37. The molecule has 0 fully saturated rings. The van der Waals surface area contributed by atoms with E-state index in [-0.39, 0.29) is 6.20 Å². The summed E-state index contributed by atoms with van der Waals surface area (Å²) in [5, 5.41) is 21.7. The van der Waals surface area contributed by atoms with Gasteiger partial charge in [-0.05, 0) is 5.56 Å². The largest absolute Gasteiger partial charge is 0.545 e. The van der Waals surface area contributed by atoms with Gasteiger partial charge in [0.2, 0.25) is 0 Å².